The molecule has 1 saturated heterocycles. The number of aromatic nitrogens is 2. The van der Waals surface area contributed by atoms with Gasteiger partial charge in [0.1, 0.15) is 29.9 Å². The number of hydrogen-bond donors (Lipinski definition) is 4. The molecular formula is C56H74N8O8. The Morgan fingerprint density at radius 2 is 1.75 bits per heavy atom. The molecule has 9 rings (SSSR count). The number of esters is 1. The van der Waals surface area contributed by atoms with Gasteiger partial charge in [-0.1, -0.05) is 38.8 Å². The molecule has 7 atom stereocenters. The van der Waals surface area contributed by atoms with E-state index in [1.807, 2.05) is 25.1 Å². The number of aromatic hydroxyl groups is 1. The number of carbonyl (C=O) groups excluding carboxylic acids is 5. The van der Waals surface area contributed by atoms with Crippen LogP contribution in [-0.4, -0.2) is 123 Å². The lowest BCUT2D eigenvalue weighted by Gasteiger charge is -2.38. The van der Waals surface area contributed by atoms with Crippen molar-refractivity contribution in [2.45, 2.75) is 148 Å². The number of cyclic esters (lactones) is 1. The van der Waals surface area contributed by atoms with Gasteiger partial charge >= 0.3 is 5.97 Å². The predicted molar refractivity (Wildman–Crippen MR) is 274 cm³/mol. The van der Waals surface area contributed by atoms with Crippen molar-refractivity contribution in [3.8, 4) is 28.1 Å². The minimum Gasteiger partial charge on any atom is -0.508 e. The number of amides is 4. The number of nitrogens with one attached hydrogen (secondary N) is 2. The first-order chi connectivity index (χ1) is 34.3. The van der Waals surface area contributed by atoms with E-state index in [-0.39, 0.29) is 49.2 Å². The molecule has 72 heavy (non-hydrogen) atoms. The number of nitrogens with zero attached hydrogens (tertiary/aromatic N) is 5. The fourth-order valence-corrected chi connectivity index (χ4v) is 12.0. The molecule has 6 bridgehead atoms. The number of fused-ring (bicyclic) bond motifs is 6. The number of rotatable bonds is 12. The molecule has 386 valence electrons. The molecule has 16 nitrogen and oxygen atoms in total. The van der Waals surface area contributed by atoms with Gasteiger partial charge in [-0.2, -0.15) is 0 Å². The molecule has 2 aromatic carbocycles. The summed E-state index contributed by atoms with van der Waals surface area (Å²) in [5.41, 5.74) is 15.2. The van der Waals surface area contributed by atoms with Crippen LogP contribution in [0.5, 0.6) is 5.75 Å². The van der Waals surface area contributed by atoms with Crippen molar-refractivity contribution in [2.24, 2.45) is 28.9 Å². The molecular weight excluding hydrogens is 913 g/mol. The summed E-state index contributed by atoms with van der Waals surface area (Å²) in [6.07, 6.45) is 8.91. The van der Waals surface area contributed by atoms with E-state index in [2.05, 4.69) is 54.3 Å². The number of phenolic OH excluding ortho intramolecular Hbond substituents is 1. The second-order valence-corrected chi connectivity index (χ2v) is 22.3. The fraction of sp³-hybridized carbons (Fsp3) is 0.571. The van der Waals surface area contributed by atoms with Crippen molar-refractivity contribution in [3.05, 3.63) is 71.5 Å². The lowest BCUT2D eigenvalue weighted by Crippen LogP contribution is -2.63. The summed E-state index contributed by atoms with van der Waals surface area (Å²) >= 11 is 0. The van der Waals surface area contributed by atoms with Gasteiger partial charge in [-0.25, -0.2) is 5.43 Å². The van der Waals surface area contributed by atoms with Gasteiger partial charge in [0, 0.05) is 68.8 Å². The van der Waals surface area contributed by atoms with Gasteiger partial charge in [0.15, 0.2) is 0 Å². The summed E-state index contributed by atoms with van der Waals surface area (Å²) < 4.78 is 14.3. The Kier molecular flexibility index (Phi) is 14.3. The third-order valence-electron chi connectivity index (χ3n) is 16.5. The van der Waals surface area contributed by atoms with Gasteiger partial charge in [0.05, 0.1) is 29.6 Å². The maximum absolute atomic E-state index is 15.0. The number of likely N-dealkylation sites (N-methyl/N-ethyl adjacent to an activating group) is 2. The van der Waals surface area contributed by atoms with Gasteiger partial charge in [0.25, 0.3) is 5.91 Å². The summed E-state index contributed by atoms with van der Waals surface area (Å²) in [7, 11) is 4.89. The van der Waals surface area contributed by atoms with Crippen LogP contribution in [-0.2, 0) is 52.8 Å². The largest absolute Gasteiger partial charge is 0.508 e. The summed E-state index contributed by atoms with van der Waals surface area (Å²) in [5, 5.41) is 17.0. The van der Waals surface area contributed by atoms with Gasteiger partial charge in [0.2, 0.25) is 17.7 Å². The quantitative estimate of drug-likeness (QED) is 0.114. The summed E-state index contributed by atoms with van der Waals surface area (Å²) in [5.74, 6) is -1.70. The molecule has 5 N–H and O–H groups in total. The number of hydrogen-bond acceptors (Lipinski definition) is 11. The lowest BCUT2D eigenvalue weighted by atomic mass is 9.84. The van der Waals surface area contributed by atoms with E-state index in [9.17, 15) is 24.3 Å². The second-order valence-electron chi connectivity index (χ2n) is 22.3. The number of methoxy groups -OCH3 is 1. The number of carbonyl (C=O) groups is 5. The van der Waals surface area contributed by atoms with Gasteiger partial charge in [-0.15, -0.1) is 0 Å². The van der Waals surface area contributed by atoms with Crippen molar-refractivity contribution in [2.75, 3.05) is 34.4 Å². The molecule has 1 unspecified atom stereocenters. The van der Waals surface area contributed by atoms with Crippen LogP contribution in [0.2, 0.25) is 0 Å². The maximum atomic E-state index is 15.0. The average Bonchev–Trinajstić information content (AvgIpc) is 4.25. The lowest BCUT2D eigenvalue weighted by molar-refractivity contribution is -0.155. The van der Waals surface area contributed by atoms with E-state index >= 15 is 4.79 Å². The topological polar surface area (TPSA) is 202 Å². The molecule has 4 fully saturated rings. The number of benzene rings is 2. The highest BCUT2D eigenvalue weighted by Crippen LogP contribution is 2.56. The van der Waals surface area contributed by atoms with E-state index in [0.717, 1.165) is 70.2 Å². The number of aryl methyl sites for hydroxylation is 1. The Bertz CT molecular complexity index is 2740. The Morgan fingerprint density at radius 1 is 1.00 bits per heavy atom. The smallest absolute Gasteiger partial charge is 0.324 e. The van der Waals surface area contributed by atoms with Crippen molar-refractivity contribution in [3.63, 3.8) is 0 Å². The third kappa shape index (κ3) is 9.98. The Labute approximate surface area is 423 Å². The minimum atomic E-state index is -1.17. The molecule has 0 radical (unpaired) electrons. The van der Waals surface area contributed by atoms with E-state index in [1.165, 1.54) is 14.8 Å². The SMILES string of the molecule is CCn1c(-c2cccnc2[C@H](C)OC)c2c3cc(ccc31)-c1cc(O)cc(c1)C[C@H](NC(=O)[C@H](C1CCCC1)N(C)C(=O)[C@H](C)N(C)C(=O)C1(N)C[C@@H]1C1CC1)C(=O)N1CCC[C@H](N1)C(=O)OCC(C)(C)C2. The zero-order valence-corrected chi connectivity index (χ0v) is 43.3. The van der Waals surface area contributed by atoms with Gasteiger partial charge in [-0.05, 0) is 149 Å². The van der Waals surface area contributed by atoms with Crippen LogP contribution in [0, 0.1) is 23.2 Å². The van der Waals surface area contributed by atoms with Gasteiger partial charge in [-0.3, -0.25) is 34.0 Å². The van der Waals surface area contributed by atoms with E-state index in [4.69, 9.17) is 20.2 Å². The van der Waals surface area contributed by atoms with Crippen molar-refractivity contribution in [1.29, 1.82) is 0 Å². The van der Waals surface area contributed by atoms with E-state index < -0.39 is 58.8 Å². The molecule has 16 heteroatoms. The molecule has 2 aliphatic heterocycles. The molecule has 3 aliphatic carbocycles. The van der Waals surface area contributed by atoms with E-state index in [1.54, 1.807) is 46.5 Å². The van der Waals surface area contributed by atoms with Crippen LogP contribution in [0.4, 0.5) is 0 Å². The van der Waals surface area contributed by atoms with Gasteiger partial charge < -0.3 is 40.0 Å². The minimum absolute atomic E-state index is 0.00844. The van der Waals surface area contributed by atoms with Crippen LogP contribution in [0.1, 0.15) is 115 Å². The molecule has 2 aromatic heterocycles. The first-order valence-electron chi connectivity index (χ1n) is 26.2. The summed E-state index contributed by atoms with van der Waals surface area (Å²) in [6, 6.07) is 11.7. The molecule has 4 heterocycles. The number of pyridine rings is 1. The first-order valence-corrected chi connectivity index (χ1v) is 26.2. The molecule has 4 amide bonds. The maximum Gasteiger partial charge on any atom is 0.324 e. The average molecular weight is 987 g/mol. The summed E-state index contributed by atoms with van der Waals surface area (Å²) in [6.45, 7) is 11.0. The highest BCUT2D eigenvalue weighted by molar-refractivity contribution is 5.98. The Hall–Kier alpha value is -5.84. The molecule has 3 saturated carbocycles. The highest BCUT2D eigenvalue weighted by atomic mass is 16.5. The zero-order valence-electron chi connectivity index (χ0n) is 43.3. The molecule has 5 aliphatic rings. The Morgan fingerprint density at radius 3 is 2.46 bits per heavy atom. The zero-order chi connectivity index (χ0) is 51.4. The van der Waals surface area contributed by atoms with E-state index in [0.29, 0.717) is 56.6 Å². The standard InChI is InChI=1S/C56H74N8O8/c1-9-63-46-21-20-37-28-41(46)42(49(63)40-16-12-22-58-47(40)33(3)71-8)29-55(4,5)31-72-53(69)44-17-13-23-64(60-44)52(68)45(26-34-24-38(37)27-39(65)25-34)59-50(66)48(36-14-10-11-15-36)62(7)51(67)32(2)61(6)54(70)56(57)30-43(56)35-18-19-35/h12,16,20-22,24-25,27-28,32-33,35-36,43-45,48,60,65H,9-11,13-15,17-19,23,26,29-31,57H2,1-8H3,(H,59,66)/t32-,33-,43+,44-,45-,48-,56?/m0/s1. The second kappa shape index (κ2) is 20.2. The monoisotopic (exact) mass is 987 g/mol. The molecule has 0 spiro atoms. The number of phenols is 1. The third-order valence-corrected chi connectivity index (χ3v) is 16.5. The van der Waals surface area contributed by atoms with Crippen molar-refractivity contribution in [1.82, 2.24) is 35.1 Å². The van der Waals surface area contributed by atoms with Crippen LogP contribution >= 0.6 is 0 Å². The predicted octanol–water partition coefficient (Wildman–Crippen LogP) is 6.44. The summed E-state index contributed by atoms with van der Waals surface area (Å²) in [4.78, 5) is 79.9. The molecule has 4 aromatic rings. The van der Waals surface area contributed by atoms with Crippen molar-refractivity contribution >= 4 is 40.5 Å². The fourth-order valence-electron chi connectivity index (χ4n) is 12.0. The normalized spacial score (nSPS) is 24.7. The van der Waals surface area contributed by atoms with Crippen LogP contribution in [0.15, 0.2) is 54.7 Å². The Balaban J connectivity index is 1.09. The first kappa shape index (κ1) is 51.1. The highest BCUT2D eigenvalue weighted by Gasteiger charge is 2.63. The van der Waals surface area contributed by atoms with Crippen LogP contribution < -0.4 is 16.5 Å². The number of ether oxygens (including phenoxy) is 2. The number of nitrogens with two attached hydrogens (primary N) is 1. The number of hydrazine groups is 1. The van der Waals surface area contributed by atoms with Crippen LogP contribution in [0.25, 0.3) is 33.3 Å². The van der Waals surface area contributed by atoms with Crippen molar-refractivity contribution < 1.29 is 38.6 Å². The van der Waals surface area contributed by atoms with Crippen LogP contribution in [0.3, 0.4) is 0 Å².